The average molecular weight is 1700 g/mol. The average Bonchev–Trinajstić information content (AvgIpc) is 1.56. The van der Waals surface area contributed by atoms with Gasteiger partial charge in [0, 0.05) is 86.9 Å². The van der Waals surface area contributed by atoms with Gasteiger partial charge in [-0.15, -0.1) is 0 Å². The Balaban J connectivity index is 0.000000116. The van der Waals surface area contributed by atoms with Gasteiger partial charge in [-0.2, -0.15) is 15.8 Å². The number of benzene rings is 15. The standard InChI is InChI=1S/3C40H30N4/c1-24-5-13-35-31(17-24)32-18-25(2)6-14-36(32)43(35)39-23-42-40(21-30(39)29-11-9-28(22-41)10-12-29)44-37-15-7-26(3)19-33(37)34-20-27(4)8-16-38(34)44;1-24-8-12-35-31(16-24)32-17-25(2)9-13-36(32)43(35)39-23-42-40(21-30(39)29-7-5-6-28(20-29)22-41)44-37-14-10-26(3)18-33(37)34-19-27(4)11-15-38(34)44;1-24-9-13-35-30(17-24)31-18-25(2)10-14-36(31)43(35)39-23-42-40(21-34(39)29-8-6-5-7-28(29)22-41)44-37-15-11-26(3)19-32(37)33-20-27(4)12-16-38(33)44/h3*5-21,23H,1-4H3. The van der Waals surface area contributed by atoms with Crippen molar-refractivity contribution in [2.45, 2.75) is 83.1 Å². The SMILES string of the molecule is Cc1ccc2c(c1)c1cc(C)ccc1n2-c1cc(-c2ccc(C#N)cc2)c(-n2c3ccc(C)cc3c3cc(C)ccc32)cn1.Cc1ccc2c(c1)c1cc(C)ccc1n2-c1cc(-c2cccc(C#N)c2)c(-n2c3ccc(C)cc3c3cc(C)ccc32)cn1.Cc1ccc2c(c1)c1cc(C)ccc1n2-c1cc(-c2ccccc2C#N)c(-n2c3ccc(C)cc3c3cc(C)ccc32)cn1. The fourth-order valence-electron chi connectivity index (χ4n) is 20.2. The molecule has 12 heteroatoms. The summed E-state index contributed by atoms with van der Waals surface area (Å²) in [6.45, 7) is 25.7. The second kappa shape index (κ2) is 31.8. The highest BCUT2D eigenvalue weighted by molar-refractivity contribution is 6.16. The zero-order valence-electron chi connectivity index (χ0n) is 75.5. The first-order valence-electron chi connectivity index (χ1n) is 44.8. The van der Waals surface area contributed by atoms with Crippen molar-refractivity contribution >= 4 is 131 Å². The van der Waals surface area contributed by atoms with E-state index in [0.717, 1.165) is 134 Å². The van der Waals surface area contributed by atoms with Crippen LogP contribution < -0.4 is 0 Å². The van der Waals surface area contributed by atoms with Crippen molar-refractivity contribution in [3.8, 4) is 86.1 Å². The number of nitriles is 3. The number of fused-ring (bicyclic) bond motifs is 18. The first-order valence-corrected chi connectivity index (χ1v) is 44.8. The molecule has 0 spiro atoms. The van der Waals surface area contributed by atoms with Crippen molar-refractivity contribution in [3.05, 3.63) is 411 Å². The van der Waals surface area contributed by atoms with Gasteiger partial charge in [-0.1, -0.05) is 182 Å². The minimum absolute atomic E-state index is 0.628. The highest BCUT2D eigenvalue weighted by Gasteiger charge is 2.27. The molecule has 9 aromatic heterocycles. The predicted molar refractivity (Wildman–Crippen MR) is 546 cm³/mol. The summed E-state index contributed by atoms with van der Waals surface area (Å²) < 4.78 is 13.8. The maximum absolute atomic E-state index is 10.2. The van der Waals surface area contributed by atoms with Crippen LogP contribution in [0.15, 0.2) is 328 Å². The summed E-state index contributed by atoms with van der Waals surface area (Å²) in [5.41, 5.74) is 39.0. The van der Waals surface area contributed by atoms with E-state index in [4.69, 9.17) is 15.0 Å². The van der Waals surface area contributed by atoms with Crippen LogP contribution in [0.5, 0.6) is 0 Å². The lowest BCUT2D eigenvalue weighted by molar-refractivity contribution is 1.05. The molecule has 24 aromatic rings. The van der Waals surface area contributed by atoms with Crippen molar-refractivity contribution in [1.29, 1.82) is 15.8 Å². The number of rotatable bonds is 9. The normalized spacial score (nSPS) is 11.6. The van der Waals surface area contributed by atoms with Gasteiger partial charge in [0.1, 0.15) is 17.5 Å². The lowest BCUT2D eigenvalue weighted by Gasteiger charge is -2.17. The van der Waals surface area contributed by atoms with Crippen LogP contribution in [0.1, 0.15) is 83.5 Å². The number of nitrogens with zero attached hydrogens (tertiary/aromatic N) is 12. The molecule has 15 aromatic carbocycles. The fraction of sp³-hybridized carbons (Fsp3) is 0.100. The third-order valence-electron chi connectivity index (χ3n) is 26.4. The van der Waals surface area contributed by atoms with Gasteiger partial charge in [0.2, 0.25) is 0 Å². The zero-order chi connectivity index (χ0) is 90.3. The second-order valence-electron chi connectivity index (χ2n) is 36.0. The Labute approximate surface area is 764 Å². The van der Waals surface area contributed by atoms with Gasteiger partial charge in [0.25, 0.3) is 0 Å². The van der Waals surface area contributed by atoms with Crippen LogP contribution in [0.25, 0.3) is 199 Å². The molecule has 0 aliphatic carbocycles. The molecule has 0 saturated carbocycles. The Hall–Kier alpha value is -17.0. The molecule has 0 unspecified atom stereocenters. The van der Waals surface area contributed by atoms with E-state index in [1.807, 2.05) is 85.3 Å². The Morgan fingerprint density at radius 3 is 0.697 bits per heavy atom. The van der Waals surface area contributed by atoms with Crippen molar-refractivity contribution in [1.82, 2.24) is 42.4 Å². The molecule has 9 heterocycles. The van der Waals surface area contributed by atoms with Gasteiger partial charge < -0.3 is 13.7 Å². The zero-order valence-corrected chi connectivity index (χ0v) is 75.5. The molecule has 0 N–H and O–H groups in total. The monoisotopic (exact) mass is 1700 g/mol. The molecule has 12 nitrogen and oxygen atoms in total. The molecule has 0 amide bonds. The first kappa shape index (κ1) is 80.8. The Bertz CT molecular complexity index is 8810. The van der Waals surface area contributed by atoms with Gasteiger partial charge in [0.15, 0.2) is 0 Å². The highest BCUT2D eigenvalue weighted by atomic mass is 15.1. The van der Waals surface area contributed by atoms with Gasteiger partial charge in [-0.05, 0) is 288 Å². The summed E-state index contributed by atoms with van der Waals surface area (Å²) in [5, 5.41) is 44.2. The first-order chi connectivity index (χ1) is 64.2. The molecular weight excluding hydrogens is 1610 g/mol. The number of hydrogen-bond donors (Lipinski definition) is 0. The molecule has 0 aliphatic rings. The molecular formula is C120H90N12. The number of hydrogen-bond acceptors (Lipinski definition) is 6. The van der Waals surface area contributed by atoms with Crippen LogP contribution >= 0.6 is 0 Å². The van der Waals surface area contributed by atoms with E-state index in [1.54, 1.807) is 0 Å². The summed E-state index contributed by atoms with van der Waals surface area (Å²) in [5.74, 6) is 2.51. The molecule has 0 radical (unpaired) electrons. The number of aryl methyl sites for hydroxylation is 12. The molecule has 24 rings (SSSR count). The Kier molecular flexibility index (Phi) is 19.5. The van der Waals surface area contributed by atoms with E-state index in [1.165, 1.54) is 131 Å². The Morgan fingerprint density at radius 1 is 0.189 bits per heavy atom. The quantitative estimate of drug-likeness (QED) is 0.141. The topological polar surface area (TPSA) is 140 Å². The summed E-state index contributed by atoms with van der Waals surface area (Å²) in [7, 11) is 0. The van der Waals surface area contributed by atoms with E-state index in [9.17, 15) is 15.8 Å². The molecule has 0 bridgehead atoms. The van der Waals surface area contributed by atoms with E-state index in [2.05, 4.69) is 371 Å². The third-order valence-corrected chi connectivity index (χ3v) is 26.4. The summed E-state index contributed by atoms with van der Waals surface area (Å²) in [6, 6.07) is 117. The molecule has 132 heavy (non-hydrogen) atoms. The molecule has 0 saturated heterocycles. The minimum atomic E-state index is 0.628. The van der Waals surface area contributed by atoms with Gasteiger partial charge in [-0.3, -0.25) is 13.7 Å². The van der Waals surface area contributed by atoms with E-state index >= 15 is 0 Å². The van der Waals surface area contributed by atoms with E-state index in [-0.39, 0.29) is 0 Å². The second-order valence-corrected chi connectivity index (χ2v) is 36.0. The van der Waals surface area contributed by atoms with Crippen LogP contribution in [0, 0.1) is 117 Å². The number of aromatic nitrogens is 9. The number of pyridine rings is 3. The maximum atomic E-state index is 10.2. The van der Waals surface area contributed by atoms with Crippen molar-refractivity contribution in [2.75, 3.05) is 0 Å². The van der Waals surface area contributed by atoms with Crippen molar-refractivity contribution in [2.24, 2.45) is 0 Å². The predicted octanol–water partition coefficient (Wildman–Crippen LogP) is 30.1. The minimum Gasteiger partial charge on any atom is -0.307 e. The third kappa shape index (κ3) is 13.6. The van der Waals surface area contributed by atoms with E-state index in [0.29, 0.717) is 16.7 Å². The van der Waals surface area contributed by atoms with Crippen LogP contribution in [-0.4, -0.2) is 42.4 Å². The van der Waals surface area contributed by atoms with E-state index < -0.39 is 0 Å². The summed E-state index contributed by atoms with van der Waals surface area (Å²) in [4.78, 5) is 15.5. The van der Waals surface area contributed by atoms with Crippen LogP contribution in [-0.2, 0) is 0 Å². The molecule has 0 fully saturated rings. The van der Waals surface area contributed by atoms with Crippen LogP contribution in [0.2, 0.25) is 0 Å². The lowest BCUT2D eigenvalue weighted by atomic mass is 9.99. The fourth-order valence-corrected chi connectivity index (χ4v) is 20.2. The van der Waals surface area contributed by atoms with Gasteiger partial charge in [0.05, 0.1) is 137 Å². The largest absolute Gasteiger partial charge is 0.307 e. The summed E-state index contributed by atoms with van der Waals surface area (Å²) >= 11 is 0. The van der Waals surface area contributed by atoms with Crippen LogP contribution in [0.4, 0.5) is 0 Å². The maximum Gasteiger partial charge on any atom is 0.138 e. The molecule has 0 atom stereocenters. The van der Waals surface area contributed by atoms with Gasteiger partial charge >= 0.3 is 0 Å². The highest BCUT2D eigenvalue weighted by Crippen LogP contribution is 2.46. The smallest absolute Gasteiger partial charge is 0.138 e. The van der Waals surface area contributed by atoms with Crippen molar-refractivity contribution in [3.63, 3.8) is 0 Å². The lowest BCUT2D eigenvalue weighted by Crippen LogP contribution is -2.04. The molecule has 630 valence electrons. The van der Waals surface area contributed by atoms with Gasteiger partial charge in [-0.25, -0.2) is 15.0 Å². The summed E-state index contributed by atoms with van der Waals surface area (Å²) in [6.07, 6.45) is 6.00. The molecule has 0 aliphatic heterocycles. The van der Waals surface area contributed by atoms with Crippen LogP contribution in [0.3, 0.4) is 0 Å². The Morgan fingerprint density at radius 2 is 0.432 bits per heavy atom. The van der Waals surface area contributed by atoms with Crippen molar-refractivity contribution < 1.29 is 0 Å².